The van der Waals surface area contributed by atoms with E-state index in [1.807, 2.05) is 60.7 Å². The SMILES string of the molecule is CS(=O)(=O)c1nc(Nc2ccccc2)cc(N2C=NC(N)(c3ccccc3)N2)n1. The maximum absolute atomic E-state index is 12.1. The van der Waals surface area contributed by atoms with Crippen molar-refractivity contribution in [3.05, 3.63) is 72.3 Å². The van der Waals surface area contributed by atoms with Gasteiger partial charge in [-0.1, -0.05) is 48.5 Å². The van der Waals surface area contributed by atoms with Crippen LogP contribution in [-0.2, 0) is 15.6 Å². The molecule has 2 heterocycles. The fourth-order valence-electron chi connectivity index (χ4n) is 2.77. The van der Waals surface area contributed by atoms with Gasteiger partial charge in [-0.05, 0) is 12.1 Å². The predicted octanol–water partition coefficient (Wildman–Crippen LogP) is 1.75. The second-order valence-electron chi connectivity index (χ2n) is 6.52. The number of aliphatic imine (C=N–C) groups is 1. The number of hydrazine groups is 1. The van der Waals surface area contributed by atoms with Crippen LogP contribution in [-0.4, -0.2) is 31.0 Å². The first-order valence-corrected chi connectivity index (χ1v) is 10.6. The molecule has 0 saturated carbocycles. The van der Waals surface area contributed by atoms with Gasteiger partial charge in [-0.3, -0.25) is 5.73 Å². The third-order valence-corrected chi connectivity index (χ3v) is 5.04. The second-order valence-corrected chi connectivity index (χ2v) is 8.43. The third kappa shape index (κ3) is 4.09. The molecule has 10 heteroatoms. The molecule has 148 valence electrons. The molecule has 2 aromatic carbocycles. The van der Waals surface area contributed by atoms with Crippen LogP contribution in [0.3, 0.4) is 0 Å². The lowest BCUT2D eigenvalue weighted by atomic mass is 10.1. The standard InChI is InChI=1S/C19H19N7O2S/c1-29(27,28)18-23-16(22-15-10-6-3-7-11-15)12-17(24-18)26-13-21-19(20,25-26)14-8-4-2-5-9-14/h2-13,25H,20H2,1H3,(H,22,23,24). The number of nitrogens with two attached hydrogens (primary N) is 1. The Morgan fingerprint density at radius 3 is 2.34 bits per heavy atom. The number of hydrogen-bond acceptors (Lipinski definition) is 9. The van der Waals surface area contributed by atoms with E-state index >= 15 is 0 Å². The van der Waals surface area contributed by atoms with Crippen LogP contribution < -0.4 is 21.5 Å². The molecule has 0 aliphatic carbocycles. The monoisotopic (exact) mass is 409 g/mol. The minimum atomic E-state index is -3.64. The number of hydrogen-bond donors (Lipinski definition) is 3. The van der Waals surface area contributed by atoms with Gasteiger partial charge in [0.1, 0.15) is 12.2 Å². The number of para-hydroxylation sites is 1. The van der Waals surface area contributed by atoms with E-state index in [1.54, 1.807) is 6.07 Å². The summed E-state index contributed by atoms with van der Waals surface area (Å²) in [6.45, 7) is 0. The van der Waals surface area contributed by atoms with Gasteiger partial charge in [0.15, 0.2) is 5.82 Å². The van der Waals surface area contributed by atoms with E-state index < -0.39 is 15.6 Å². The Morgan fingerprint density at radius 1 is 1.03 bits per heavy atom. The topological polar surface area (TPSA) is 126 Å². The van der Waals surface area contributed by atoms with E-state index in [-0.39, 0.29) is 11.0 Å². The highest BCUT2D eigenvalue weighted by molar-refractivity contribution is 7.90. The van der Waals surface area contributed by atoms with Gasteiger partial charge in [-0.2, -0.15) is 10.4 Å². The van der Waals surface area contributed by atoms with E-state index in [1.165, 1.54) is 11.3 Å². The summed E-state index contributed by atoms with van der Waals surface area (Å²) in [6, 6.07) is 20.2. The average molecular weight is 409 g/mol. The predicted molar refractivity (Wildman–Crippen MR) is 111 cm³/mol. The van der Waals surface area contributed by atoms with E-state index in [0.29, 0.717) is 5.82 Å². The van der Waals surface area contributed by atoms with Crippen LogP contribution in [0.4, 0.5) is 17.3 Å². The van der Waals surface area contributed by atoms with Crippen molar-refractivity contribution in [3.63, 3.8) is 0 Å². The summed E-state index contributed by atoms with van der Waals surface area (Å²) in [4.78, 5) is 12.6. The zero-order valence-electron chi connectivity index (χ0n) is 15.5. The van der Waals surface area contributed by atoms with Gasteiger partial charge >= 0.3 is 0 Å². The van der Waals surface area contributed by atoms with Crippen molar-refractivity contribution < 1.29 is 8.42 Å². The zero-order valence-corrected chi connectivity index (χ0v) is 16.3. The quantitative estimate of drug-likeness (QED) is 0.544. The molecule has 1 unspecified atom stereocenters. The number of aromatic nitrogens is 2. The number of nitrogens with one attached hydrogen (secondary N) is 2. The summed E-state index contributed by atoms with van der Waals surface area (Å²) in [7, 11) is -3.64. The van der Waals surface area contributed by atoms with Crippen LogP contribution in [0.1, 0.15) is 5.56 Å². The van der Waals surface area contributed by atoms with E-state index in [2.05, 4.69) is 25.7 Å². The summed E-state index contributed by atoms with van der Waals surface area (Å²) in [6.07, 6.45) is 2.52. The van der Waals surface area contributed by atoms with Crippen molar-refractivity contribution in [1.82, 2.24) is 15.4 Å². The lowest BCUT2D eigenvalue weighted by Gasteiger charge is -2.25. The molecule has 0 radical (unpaired) electrons. The van der Waals surface area contributed by atoms with Crippen molar-refractivity contribution in [3.8, 4) is 0 Å². The molecular weight excluding hydrogens is 390 g/mol. The van der Waals surface area contributed by atoms with Crippen LogP contribution in [0.25, 0.3) is 0 Å². The summed E-state index contributed by atoms with van der Waals surface area (Å²) in [5.41, 5.74) is 10.9. The van der Waals surface area contributed by atoms with Gasteiger partial charge in [0.05, 0.1) is 0 Å². The molecule has 3 aromatic rings. The summed E-state index contributed by atoms with van der Waals surface area (Å²) in [5.74, 6) is -0.582. The molecule has 4 N–H and O–H groups in total. The Kier molecular flexibility index (Phi) is 4.74. The minimum absolute atomic E-state index is 0.283. The summed E-state index contributed by atoms with van der Waals surface area (Å²) >= 11 is 0. The van der Waals surface area contributed by atoms with Crippen LogP contribution in [0.15, 0.2) is 76.9 Å². The van der Waals surface area contributed by atoms with Gasteiger partial charge in [0.25, 0.3) is 5.16 Å². The van der Waals surface area contributed by atoms with E-state index in [4.69, 9.17) is 5.73 Å². The first kappa shape index (κ1) is 19.0. The maximum atomic E-state index is 12.1. The largest absolute Gasteiger partial charge is 0.340 e. The first-order valence-electron chi connectivity index (χ1n) is 8.71. The van der Waals surface area contributed by atoms with Crippen molar-refractivity contribution in [2.45, 2.75) is 10.9 Å². The zero-order chi connectivity index (χ0) is 20.5. The van der Waals surface area contributed by atoms with Crippen molar-refractivity contribution >= 4 is 33.5 Å². The molecule has 0 fully saturated rings. The van der Waals surface area contributed by atoms with Gasteiger partial charge < -0.3 is 5.32 Å². The Morgan fingerprint density at radius 2 is 1.69 bits per heavy atom. The minimum Gasteiger partial charge on any atom is -0.340 e. The number of anilines is 3. The summed E-state index contributed by atoms with van der Waals surface area (Å²) in [5, 5.41) is 4.25. The van der Waals surface area contributed by atoms with Gasteiger partial charge in [0.2, 0.25) is 15.6 Å². The van der Waals surface area contributed by atoms with Crippen molar-refractivity contribution in [1.29, 1.82) is 0 Å². The van der Waals surface area contributed by atoms with Crippen molar-refractivity contribution in [2.75, 3.05) is 16.6 Å². The fraction of sp³-hybridized carbons (Fsp3) is 0.105. The molecular formula is C19H19N7O2S. The highest BCUT2D eigenvalue weighted by atomic mass is 32.2. The van der Waals surface area contributed by atoms with Crippen LogP contribution >= 0.6 is 0 Å². The molecule has 4 rings (SSSR count). The van der Waals surface area contributed by atoms with Crippen LogP contribution in [0, 0.1) is 0 Å². The molecule has 29 heavy (non-hydrogen) atoms. The molecule has 1 aromatic heterocycles. The molecule has 1 aliphatic heterocycles. The fourth-order valence-corrected chi connectivity index (χ4v) is 3.30. The number of benzene rings is 2. The molecule has 1 aliphatic rings. The molecule has 0 bridgehead atoms. The van der Waals surface area contributed by atoms with Crippen LogP contribution in [0.5, 0.6) is 0 Å². The average Bonchev–Trinajstić information content (AvgIpc) is 3.12. The third-order valence-electron chi connectivity index (χ3n) is 4.20. The number of rotatable bonds is 5. The summed E-state index contributed by atoms with van der Waals surface area (Å²) < 4.78 is 24.2. The number of nitrogens with zero attached hydrogens (tertiary/aromatic N) is 4. The highest BCUT2D eigenvalue weighted by Crippen LogP contribution is 2.26. The van der Waals surface area contributed by atoms with Gasteiger partial charge in [0, 0.05) is 23.6 Å². The highest BCUT2D eigenvalue weighted by Gasteiger charge is 2.34. The Hall–Kier alpha value is -3.34. The Balaban J connectivity index is 1.68. The number of sulfone groups is 1. The normalized spacial score (nSPS) is 18.8. The molecule has 0 saturated heterocycles. The molecule has 0 spiro atoms. The smallest absolute Gasteiger partial charge is 0.250 e. The lowest BCUT2D eigenvalue weighted by molar-refractivity contribution is 0.397. The first-order chi connectivity index (χ1) is 13.8. The van der Waals surface area contributed by atoms with Gasteiger partial charge in [-0.25, -0.2) is 23.4 Å². The lowest BCUT2D eigenvalue weighted by Crippen LogP contribution is -2.51. The molecule has 0 amide bonds. The Bertz CT molecular complexity index is 1150. The van der Waals surface area contributed by atoms with Crippen LogP contribution in [0.2, 0.25) is 0 Å². The van der Waals surface area contributed by atoms with Gasteiger partial charge in [-0.15, -0.1) is 0 Å². The van der Waals surface area contributed by atoms with E-state index in [9.17, 15) is 8.42 Å². The maximum Gasteiger partial charge on any atom is 0.250 e. The van der Waals surface area contributed by atoms with E-state index in [0.717, 1.165) is 17.5 Å². The molecule has 9 nitrogen and oxygen atoms in total. The second kappa shape index (κ2) is 7.24. The Labute approximate surface area is 168 Å². The molecule has 1 atom stereocenters. The van der Waals surface area contributed by atoms with Crippen molar-refractivity contribution in [2.24, 2.45) is 10.7 Å².